The van der Waals surface area contributed by atoms with Gasteiger partial charge in [0, 0.05) is 6.54 Å². The van der Waals surface area contributed by atoms with Crippen molar-refractivity contribution in [3.63, 3.8) is 0 Å². The molecule has 6 heteroatoms. The molecule has 0 aliphatic carbocycles. The second-order valence-electron chi connectivity index (χ2n) is 4.93. The predicted octanol–water partition coefficient (Wildman–Crippen LogP) is 3.81. The molecule has 0 aromatic heterocycles. The number of nitrogens with one attached hydrogen (secondary N) is 1. The number of hydrogen-bond acceptors (Lipinski definition) is 3. The number of para-hydroxylation sites is 2. The first kappa shape index (κ1) is 15.6. The van der Waals surface area contributed by atoms with Crippen LogP contribution < -0.4 is 10.1 Å². The Bertz CT molecular complexity index is 400. The van der Waals surface area contributed by atoms with E-state index >= 15 is 0 Å². The van der Waals surface area contributed by atoms with Gasteiger partial charge in [-0.3, -0.25) is 0 Å². The molecule has 0 amide bonds. The summed E-state index contributed by atoms with van der Waals surface area (Å²) < 4.78 is 46.0. The van der Waals surface area contributed by atoms with Crippen LogP contribution in [0.2, 0.25) is 0 Å². The molecule has 0 fully saturated rings. The largest absolute Gasteiger partial charge is 0.573 e. The van der Waals surface area contributed by atoms with Crippen LogP contribution in [0.1, 0.15) is 20.8 Å². The maximum Gasteiger partial charge on any atom is 0.573 e. The van der Waals surface area contributed by atoms with Gasteiger partial charge in [-0.05, 0) is 32.9 Å². The Morgan fingerprint density at radius 1 is 1.11 bits per heavy atom. The molecule has 0 bridgehead atoms. The summed E-state index contributed by atoms with van der Waals surface area (Å²) in [4.78, 5) is 0. The smallest absolute Gasteiger partial charge is 0.404 e. The number of alkyl halides is 3. The second kappa shape index (κ2) is 6.14. The van der Waals surface area contributed by atoms with Crippen molar-refractivity contribution in [1.82, 2.24) is 0 Å². The van der Waals surface area contributed by atoms with Crippen LogP contribution in [0, 0.1) is 0 Å². The fourth-order valence-corrected chi connectivity index (χ4v) is 1.37. The van der Waals surface area contributed by atoms with E-state index in [-0.39, 0.29) is 17.0 Å². The van der Waals surface area contributed by atoms with Crippen LogP contribution in [-0.4, -0.2) is 25.1 Å². The molecular formula is C13H18F3NO2. The Hall–Kier alpha value is -1.43. The number of rotatable bonds is 5. The summed E-state index contributed by atoms with van der Waals surface area (Å²) in [7, 11) is 0. The predicted molar refractivity (Wildman–Crippen MR) is 67.3 cm³/mol. The van der Waals surface area contributed by atoms with Gasteiger partial charge in [0.2, 0.25) is 0 Å². The topological polar surface area (TPSA) is 30.5 Å². The molecule has 0 saturated heterocycles. The fourth-order valence-electron chi connectivity index (χ4n) is 1.37. The quantitative estimate of drug-likeness (QED) is 0.830. The van der Waals surface area contributed by atoms with Crippen LogP contribution in [0.4, 0.5) is 18.9 Å². The zero-order valence-electron chi connectivity index (χ0n) is 11.2. The highest BCUT2D eigenvalue weighted by Gasteiger charge is 2.32. The highest BCUT2D eigenvalue weighted by molar-refractivity contribution is 5.56. The minimum atomic E-state index is -4.69. The van der Waals surface area contributed by atoms with Crippen molar-refractivity contribution in [1.29, 1.82) is 0 Å². The molecule has 0 spiro atoms. The van der Waals surface area contributed by atoms with Crippen LogP contribution >= 0.6 is 0 Å². The second-order valence-corrected chi connectivity index (χ2v) is 4.93. The van der Waals surface area contributed by atoms with Gasteiger partial charge >= 0.3 is 6.36 Å². The normalized spacial score (nSPS) is 12.3. The number of hydrogen-bond donors (Lipinski definition) is 1. The SMILES string of the molecule is CC(C)(C)OCCNc1ccccc1OC(F)(F)F. The first-order chi connectivity index (χ1) is 8.67. The first-order valence-electron chi connectivity index (χ1n) is 5.90. The molecule has 0 aliphatic rings. The Kier molecular flexibility index (Phi) is 5.05. The molecule has 1 rings (SSSR count). The van der Waals surface area contributed by atoms with Crippen molar-refractivity contribution in [2.75, 3.05) is 18.5 Å². The number of ether oxygens (including phenoxy) is 2. The lowest BCUT2D eigenvalue weighted by atomic mass is 10.2. The van der Waals surface area contributed by atoms with Gasteiger partial charge in [0.15, 0.2) is 5.75 Å². The molecule has 19 heavy (non-hydrogen) atoms. The third-order valence-electron chi connectivity index (χ3n) is 2.07. The Morgan fingerprint density at radius 2 is 1.74 bits per heavy atom. The summed E-state index contributed by atoms with van der Waals surface area (Å²) >= 11 is 0. The molecule has 0 saturated carbocycles. The van der Waals surface area contributed by atoms with Gasteiger partial charge in [0.1, 0.15) is 0 Å². The van der Waals surface area contributed by atoms with E-state index in [1.54, 1.807) is 6.07 Å². The van der Waals surface area contributed by atoms with Gasteiger partial charge in [0.25, 0.3) is 0 Å². The minimum absolute atomic E-state index is 0.245. The van der Waals surface area contributed by atoms with Gasteiger partial charge in [-0.2, -0.15) is 0 Å². The van der Waals surface area contributed by atoms with E-state index in [2.05, 4.69) is 10.1 Å². The van der Waals surface area contributed by atoms with Crippen molar-refractivity contribution >= 4 is 5.69 Å². The average molecular weight is 277 g/mol. The van der Waals surface area contributed by atoms with Crippen molar-refractivity contribution in [2.24, 2.45) is 0 Å². The van der Waals surface area contributed by atoms with E-state index in [9.17, 15) is 13.2 Å². The molecule has 1 aromatic rings. The van der Waals surface area contributed by atoms with Crippen molar-refractivity contribution < 1.29 is 22.6 Å². The van der Waals surface area contributed by atoms with E-state index < -0.39 is 6.36 Å². The monoisotopic (exact) mass is 277 g/mol. The molecule has 108 valence electrons. The highest BCUT2D eigenvalue weighted by Crippen LogP contribution is 2.29. The van der Waals surface area contributed by atoms with Crippen LogP contribution in [-0.2, 0) is 4.74 Å². The van der Waals surface area contributed by atoms with Crippen LogP contribution in [0.5, 0.6) is 5.75 Å². The number of halogens is 3. The summed E-state index contributed by atoms with van der Waals surface area (Å²) in [6.07, 6.45) is -4.69. The summed E-state index contributed by atoms with van der Waals surface area (Å²) in [5, 5.41) is 2.86. The Labute approximate surface area is 110 Å². The number of anilines is 1. The standard InChI is InChI=1S/C13H18F3NO2/c1-12(2,3)18-9-8-17-10-6-4-5-7-11(10)19-13(14,15)16/h4-7,17H,8-9H2,1-3H3. The Balaban J connectivity index is 2.54. The maximum atomic E-state index is 12.2. The molecule has 0 heterocycles. The van der Waals surface area contributed by atoms with E-state index in [0.717, 1.165) is 0 Å². The Morgan fingerprint density at radius 3 is 2.32 bits per heavy atom. The van der Waals surface area contributed by atoms with E-state index in [1.165, 1.54) is 18.2 Å². The lowest BCUT2D eigenvalue weighted by Crippen LogP contribution is -2.23. The molecule has 0 radical (unpaired) electrons. The van der Waals surface area contributed by atoms with E-state index in [4.69, 9.17) is 4.74 Å². The third kappa shape index (κ3) is 6.91. The zero-order chi connectivity index (χ0) is 14.5. The van der Waals surface area contributed by atoms with Crippen LogP contribution in [0.25, 0.3) is 0 Å². The molecule has 1 aromatic carbocycles. The van der Waals surface area contributed by atoms with Crippen LogP contribution in [0.3, 0.4) is 0 Å². The summed E-state index contributed by atoms with van der Waals surface area (Å²) in [5.41, 5.74) is 0.0151. The highest BCUT2D eigenvalue weighted by atomic mass is 19.4. The lowest BCUT2D eigenvalue weighted by Gasteiger charge is -2.20. The molecule has 0 atom stereocenters. The summed E-state index contributed by atoms with van der Waals surface area (Å²) in [5.74, 6) is -0.245. The van der Waals surface area contributed by atoms with E-state index in [1.807, 2.05) is 20.8 Å². The summed E-state index contributed by atoms with van der Waals surface area (Å²) in [6, 6.07) is 5.91. The van der Waals surface area contributed by atoms with E-state index in [0.29, 0.717) is 13.2 Å². The average Bonchev–Trinajstić information content (AvgIpc) is 2.23. The van der Waals surface area contributed by atoms with Crippen molar-refractivity contribution in [3.8, 4) is 5.75 Å². The molecule has 3 nitrogen and oxygen atoms in total. The maximum absolute atomic E-state index is 12.2. The number of benzene rings is 1. The van der Waals surface area contributed by atoms with Gasteiger partial charge in [-0.15, -0.1) is 13.2 Å². The van der Waals surface area contributed by atoms with Crippen molar-refractivity contribution in [3.05, 3.63) is 24.3 Å². The van der Waals surface area contributed by atoms with Gasteiger partial charge in [0.05, 0.1) is 17.9 Å². The molecular weight excluding hydrogens is 259 g/mol. The van der Waals surface area contributed by atoms with Gasteiger partial charge in [-0.1, -0.05) is 12.1 Å². The lowest BCUT2D eigenvalue weighted by molar-refractivity contribution is -0.274. The first-order valence-corrected chi connectivity index (χ1v) is 5.90. The molecule has 1 N–H and O–H groups in total. The third-order valence-corrected chi connectivity index (χ3v) is 2.07. The molecule has 0 aliphatic heterocycles. The van der Waals surface area contributed by atoms with Gasteiger partial charge in [-0.25, -0.2) is 0 Å². The van der Waals surface area contributed by atoms with Crippen molar-refractivity contribution in [2.45, 2.75) is 32.7 Å². The fraction of sp³-hybridized carbons (Fsp3) is 0.538. The minimum Gasteiger partial charge on any atom is -0.404 e. The summed E-state index contributed by atoms with van der Waals surface area (Å²) in [6.45, 7) is 6.52. The molecule has 0 unspecified atom stereocenters. The zero-order valence-corrected chi connectivity index (χ0v) is 11.2. The van der Waals surface area contributed by atoms with Crippen LogP contribution in [0.15, 0.2) is 24.3 Å². The van der Waals surface area contributed by atoms with Gasteiger partial charge < -0.3 is 14.8 Å².